The Bertz CT molecular complexity index is 1240. The first-order chi connectivity index (χ1) is 14.5. The number of hydrogen-bond donors (Lipinski definition) is 3. The minimum Gasteiger partial charge on any atom is -0.320 e. The zero-order chi connectivity index (χ0) is 22.4. The molecule has 1 aliphatic carbocycles. The average Bonchev–Trinajstić information content (AvgIpc) is 3.19. The molecule has 3 aromatic rings. The molecule has 10 nitrogen and oxygen atoms in total. The van der Waals surface area contributed by atoms with Crippen molar-refractivity contribution in [1.29, 1.82) is 0 Å². The second-order valence-corrected chi connectivity index (χ2v) is 11.4. The van der Waals surface area contributed by atoms with E-state index in [4.69, 9.17) is 0 Å². The monoisotopic (exact) mass is 462 g/mol. The molecule has 1 aliphatic rings. The minimum atomic E-state index is -3.68. The van der Waals surface area contributed by atoms with Crippen LogP contribution in [0.2, 0.25) is 0 Å². The summed E-state index contributed by atoms with van der Waals surface area (Å²) in [6.45, 7) is 5.29. The fourth-order valence-electron chi connectivity index (χ4n) is 3.00. The number of nitrogens with one attached hydrogen (secondary N) is 3. The standard InChI is InChI=1S/C19H22N6O4S2/c1-19(2,3)24-31(28,29)17-9-8-15(30-17)12-6-7-14(25(26)27)18(20-12)21-16-10-13(22-23-16)11-4-5-11/h6-11,24H,4-5H2,1-3H3,(H2,20,21,22,23). The number of hydrogen-bond acceptors (Lipinski definition) is 8. The molecule has 0 amide bonds. The molecule has 31 heavy (non-hydrogen) atoms. The van der Waals surface area contributed by atoms with Crippen molar-refractivity contribution in [3.63, 3.8) is 0 Å². The Balaban J connectivity index is 1.64. The molecule has 0 unspecified atom stereocenters. The number of pyridine rings is 1. The normalized spacial score (nSPS) is 14.5. The maximum Gasteiger partial charge on any atom is 0.311 e. The van der Waals surface area contributed by atoms with E-state index in [0.717, 1.165) is 29.9 Å². The number of anilines is 2. The summed E-state index contributed by atoms with van der Waals surface area (Å²) in [4.78, 5) is 15.9. The van der Waals surface area contributed by atoms with Gasteiger partial charge in [-0.1, -0.05) is 0 Å². The van der Waals surface area contributed by atoms with Gasteiger partial charge in [0, 0.05) is 23.6 Å². The third kappa shape index (κ3) is 4.92. The molecular formula is C19H22N6O4S2. The highest BCUT2D eigenvalue weighted by molar-refractivity contribution is 7.91. The first-order valence-electron chi connectivity index (χ1n) is 9.64. The second kappa shape index (κ2) is 7.70. The third-order valence-electron chi connectivity index (χ3n) is 4.46. The minimum absolute atomic E-state index is 0.0547. The van der Waals surface area contributed by atoms with Crippen molar-refractivity contribution in [3.8, 4) is 10.6 Å². The van der Waals surface area contributed by atoms with Crippen LogP contribution in [0.5, 0.6) is 0 Å². The van der Waals surface area contributed by atoms with E-state index in [1.165, 1.54) is 18.2 Å². The smallest absolute Gasteiger partial charge is 0.311 e. The van der Waals surface area contributed by atoms with Crippen LogP contribution in [0.4, 0.5) is 17.3 Å². The Labute approximate surface area is 183 Å². The molecule has 0 aliphatic heterocycles. The van der Waals surface area contributed by atoms with Crippen LogP contribution in [-0.2, 0) is 10.0 Å². The number of nitro groups is 1. The fourth-order valence-corrected chi connectivity index (χ4v) is 5.70. The van der Waals surface area contributed by atoms with Crippen molar-refractivity contribution in [2.45, 2.75) is 49.3 Å². The number of aromatic amines is 1. The first-order valence-corrected chi connectivity index (χ1v) is 11.9. The zero-order valence-electron chi connectivity index (χ0n) is 17.2. The quantitative estimate of drug-likeness (QED) is 0.354. The van der Waals surface area contributed by atoms with Gasteiger partial charge in [-0.05, 0) is 51.8 Å². The Kier molecular flexibility index (Phi) is 5.31. The Morgan fingerprint density at radius 2 is 1.97 bits per heavy atom. The zero-order valence-corrected chi connectivity index (χ0v) is 18.8. The van der Waals surface area contributed by atoms with Gasteiger partial charge >= 0.3 is 5.69 Å². The van der Waals surface area contributed by atoms with Crippen molar-refractivity contribution >= 4 is 38.7 Å². The van der Waals surface area contributed by atoms with Gasteiger partial charge in [-0.2, -0.15) is 5.10 Å². The summed E-state index contributed by atoms with van der Waals surface area (Å²) < 4.78 is 27.9. The van der Waals surface area contributed by atoms with Gasteiger partial charge in [-0.3, -0.25) is 15.2 Å². The van der Waals surface area contributed by atoms with Crippen molar-refractivity contribution in [3.05, 3.63) is 46.1 Å². The van der Waals surface area contributed by atoms with Gasteiger partial charge < -0.3 is 5.32 Å². The van der Waals surface area contributed by atoms with Gasteiger partial charge in [0.1, 0.15) is 10.0 Å². The van der Waals surface area contributed by atoms with E-state index >= 15 is 0 Å². The molecule has 3 heterocycles. The number of rotatable bonds is 7. The highest BCUT2D eigenvalue weighted by Gasteiger charge is 2.27. The third-order valence-corrected chi connectivity index (χ3v) is 7.81. The average molecular weight is 463 g/mol. The highest BCUT2D eigenvalue weighted by Crippen LogP contribution is 2.40. The number of thiophene rings is 1. The maximum atomic E-state index is 12.6. The SMILES string of the molecule is CC(C)(C)NS(=O)(=O)c1ccc(-c2ccc([N+](=O)[O-])c(Nc3cc(C4CC4)n[nH]3)n2)s1. The van der Waals surface area contributed by atoms with Crippen molar-refractivity contribution in [2.75, 3.05) is 5.32 Å². The molecule has 0 bridgehead atoms. The first kappa shape index (κ1) is 21.4. The van der Waals surface area contributed by atoms with Crippen molar-refractivity contribution < 1.29 is 13.3 Å². The summed E-state index contributed by atoms with van der Waals surface area (Å²) in [6.07, 6.45) is 2.18. The molecule has 164 valence electrons. The van der Waals surface area contributed by atoms with Crippen LogP contribution in [-0.4, -0.2) is 34.1 Å². The maximum absolute atomic E-state index is 12.6. The molecule has 1 fully saturated rings. The number of nitrogens with zero attached hydrogens (tertiary/aromatic N) is 3. The van der Waals surface area contributed by atoms with E-state index in [1.807, 2.05) is 6.07 Å². The number of H-pyrrole nitrogens is 1. The highest BCUT2D eigenvalue weighted by atomic mass is 32.2. The summed E-state index contributed by atoms with van der Waals surface area (Å²) in [5, 5.41) is 21.5. The summed E-state index contributed by atoms with van der Waals surface area (Å²) >= 11 is 1.05. The Hall–Kier alpha value is -2.83. The lowest BCUT2D eigenvalue weighted by molar-refractivity contribution is -0.384. The van der Waals surface area contributed by atoms with Crippen LogP contribution in [0.3, 0.4) is 0 Å². The van der Waals surface area contributed by atoms with Crippen LogP contribution < -0.4 is 10.0 Å². The van der Waals surface area contributed by atoms with Crippen LogP contribution in [0.25, 0.3) is 10.6 Å². The van der Waals surface area contributed by atoms with E-state index in [2.05, 4.69) is 25.2 Å². The van der Waals surface area contributed by atoms with E-state index in [9.17, 15) is 18.5 Å². The topological polar surface area (TPSA) is 143 Å². The van der Waals surface area contributed by atoms with Crippen LogP contribution in [0, 0.1) is 10.1 Å². The van der Waals surface area contributed by atoms with Gasteiger partial charge in [-0.25, -0.2) is 18.1 Å². The summed E-state index contributed by atoms with van der Waals surface area (Å²) in [7, 11) is -3.68. The van der Waals surface area contributed by atoms with E-state index in [1.54, 1.807) is 26.8 Å². The predicted molar refractivity (Wildman–Crippen MR) is 118 cm³/mol. The van der Waals surface area contributed by atoms with Crippen molar-refractivity contribution in [2.24, 2.45) is 0 Å². The van der Waals surface area contributed by atoms with E-state index in [0.29, 0.717) is 22.3 Å². The molecule has 4 rings (SSSR count). The molecule has 3 N–H and O–H groups in total. The molecule has 1 saturated carbocycles. The largest absolute Gasteiger partial charge is 0.320 e. The van der Waals surface area contributed by atoms with Crippen molar-refractivity contribution in [1.82, 2.24) is 19.9 Å². The molecule has 0 atom stereocenters. The molecule has 0 spiro atoms. The lowest BCUT2D eigenvalue weighted by Crippen LogP contribution is -2.40. The molecular weight excluding hydrogens is 440 g/mol. The van der Waals surface area contributed by atoms with Gasteiger partial charge in [0.05, 0.1) is 21.2 Å². The summed E-state index contributed by atoms with van der Waals surface area (Å²) in [5.74, 6) is 1.01. The van der Waals surface area contributed by atoms with Crippen LogP contribution in [0.1, 0.15) is 45.2 Å². The summed E-state index contributed by atoms with van der Waals surface area (Å²) in [5.41, 5.74) is 0.540. The number of aromatic nitrogens is 3. The lowest BCUT2D eigenvalue weighted by Gasteiger charge is -2.19. The lowest BCUT2D eigenvalue weighted by atomic mass is 10.1. The van der Waals surface area contributed by atoms with Gasteiger partial charge in [0.15, 0.2) is 0 Å². The van der Waals surface area contributed by atoms with Crippen LogP contribution in [0.15, 0.2) is 34.5 Å². The summed E-state index contributed by atoms with van der Waals surface area (Å²) in [6, 6.07) is 7.82. The predicted octanol–water partition coefficient (Wildman–Crippen LogP) is 4.14. The fraction of sp³-hybridized carbons (Fsp3) is 0.368. The molecule has 12 heteroatoms. The molecule has 0 radical (unpaired) electrons. The molecule has 0 saturated heterocycles. The Morgan fingerprint density at radius 1 is 1.23 bits per heavy atom. The van der Waals surface area contributed by atoms with Gasteiger partial charge in [-0.15, -0.1) is 11.3 Å². The second-order valence-electron chi connectivity index (χ2n) is 8.40. The van der Waals surface area contributed by atoms with Gasteiger partial charge in [0.25, 0.3) is 10.0 Å². The van der Waals surface area contributed by atoms with E-state index in [-0.39, 0.29) is 15.7 Å². The molecule has 0 aromatic carbocycles. The van der Waals surface area contributed by atoms with Crippen LogP contribution >= 0.6 is 11.3 Å². The van der Waals surface area contributed by atoms with Gasteiger partial charge in [0.2, 0.25) is 5.82 Å². The Morgan fingerprint density at radius 3 is 2.61 bits per heavy atom. The van der Waals surface area contributed by atoms with E-state index < -0.39 is 20.5 Å². The molecule has 3 aromatic heterocycles. The number of sulfonamides is 1.